The Labute approximate surface area is 108 Å². The number of aliphatic hydroxyl groups excluding tert-OH is 1. The van der Waals surface area contributed by atoms with Crippen LogP contribution in [0.2, 0.25) is 0 Å². The summed E-state index contributed by atoms with van der Waals surface area (Å²) in [5.74, 6) is -2.04. The number of nitrogens with one attached hydrogen (secondary N) is 1. The van der Waals surface area contributed by atoms with Gasteiger partial charge in [0.25, 0.3) is 0 Å². The van der Waals surface area contributed by atoms with Gasteiger partial charge in [0.05, 0.1) is 24.7 Å². The van der Waals surface area contributed by atoms with Crippen molar-refractivity contribution < 1.29 is 23.5 Å². The average molecular weight is 276 g/mol. The molecule has 0 saturated heterocycles. The van der Waals surface area contributed by atoms with E-state index in [1.165, 1.54) is 0 Å². The molecule has 0 bridgehead atoms. The molecule has 1 aromatic carbocycles. The van der Waals surface area contributed by atoms with Crippen LogP contribution in [0, 0.1) is 21.7 Å². The maximum absolute atomic E-state index is 13.4. The third-order valence-corrected chi connectivity index (χ3v) is 2.29. The van der Waals surface area contributed by atoms with Crippen molar-refractivity contribution in [1.82, 2.24) is 5.32 Å². The molecule has 106 valence electrons. The zero-order chi connectivity index (χ0) is 14.3. The van der Waals surface area contributed by atoms with Crippen LogP contribution in [0.25, 0.3) is 0 Å². The van der Waals surface area contributed by atoms with Crippen molar-refractivity contribution in [3.63, 3.8) is 0 Å². The summed E-state index contributed by atoms with van der Waals surface area (Å²) in [5, 5.41) is 21.8. The average Bonchev–Trinajstić information content (AvgIpc) is 2.35. The number of benzene rings is 1. The fraction of sp³-hybridized carbons (Fsp3) is 0.455. The van der Waals surface area contributed by atoms with Crippen molar-refractivity contribution in [2.24, 2.45) is 0 Å². The summed E-state index contributed by atoms with van der Waals surface area (Å²) in [5.41, 5.74) is -0.745. The van der Waals surface area contributed by atoms with E-state index in [-0.39, 0.29) is 25.3 Å². The van der Waals surface area contributed by atoms with Crippen molar-refractivity contribution in [3.05, 3.63) is 39.4 Å². The molecule has 0 aliphatic heterocycles. The highest BCUT2D eigenvalue weighted by Gasteiger charge is 2.17. The number of rotatable bonds is 8. The van der Waals surface area contributed by atoms with E-state index in [9.17, 15) is 18.9 Å². The Hall–Kier alpha value is -1.64. The van der Waals surface area contributed by atoms with Crippen LogP contribution in [0.15, 0.2) is 12.1 Å². The summed E-state index contributed by atoms with van der Waals surface area (Å²) in [6.07, 6.45) is 0. The fourth-order valence-electron chi connectivity index (χ4n) is 1.39. The summed E-state index contributed by atoms with van der Waals surface area (Å²) in [6, 6.07) is 1.36. The largest absolute Gasteiger partial charge is 0.394 e. The second-order valence-electron chi connectivity index (χ2n) is 3.66. The van der Waals surface area contributed by atoms with Gasteiger partial charge < -0.3 is 15.2 Å². The van der Waals surface area contributed by atoms with Gasteiger partial charge in [0.2, 0.25) is 5.82 Å². The quantitative estimate of drug-likeness (QED) is 0.420. The summed E-state index contributed by atoms with van der Waals surface area (Å²) in [6.45, 7) is 0.836. The molecule has 1 aromatic rings. The van der Waals surface area contributed by atoms with E-state index in [0.717, 1.165) is 6.07 Å². The van der Waals surface area contributed by atoms with Crippen LogP contribution < -0.4 is 5.32 Å². The van der Waals surface area contributed by atoms with Crippen LogP contribution in [0.4, 0.5) is 14.5 Å². The molecular weight excluding hydrogens is 262 g/mol. The topological polar surface area (TPSA) is 84.6 Å². The van der Waals surface area contributed by atoms with Crippen LogP contribution in [-0.2, 0) is 11.3 Å². The van der Waals surface area contributed by atoms with E-state index in [2.05, 4.69) is 5.32 Å². The van der Waals surface area contributed by atoms with Crippen molar-refractivity contribution >= 4 is 5.69 Å². The lowest BCUT2D eigenvalue weighted by Gasteiger charge is -2.07. The molecule has 0 radical (unpaired) electrons. The van der Waals surface area contributed by atoms with Gasteiger partial charge in [-0.3, -0.25) is 10.1 Å². The van der Waals surface area contributed by atoms with Crippen molar-refractivity contribution in [1.29, 1.82) is 0 Å². The molecule has 0 aliphatic carbocycles. The number of nitrogens with zero attached hydrogens (tertiary/aromatic N) is 1. The van der Waals surface area contributed by atoms with E-state index in [4.69, 9.17) is 9.84 Å². The lowest BCUT2D eigenvalue weighted by Crippen LogP contribution is -2.20. The molecule has 0 aromatic heterocycles. The van der Waals surface area contributed by atoms with E-state index in [1.54, 1.807) is 0 Å². The lowest BCUT2D eigenvalue weighted by atomic mass is 10.2. The molecule has 0 aliphatic rings. The number of ether oxygens (including phenoxy) is 1. The van der Waals surface area contributed by atoms with E-state index < -0.39 is 22.2 Å². The van der Waals surface area contributed by atoms with E-state index >= 15 is 0 Å². The Morgan fingerprint density at radius 1 is 1.32 bits per heavy atom. The van der Waals surface area contributed by atoms with Gasteiger partial charge in [0, 0.05) is 30.8 Å². The Bertz CT molecular complexity index is 443. The summed E-state index contributed by atoms with van der Waals surface area (Å²) >= 11 is 0. The zero-order valence-corrected chi connectivity index (χ0v) is 10.1. The highest BCUT2D eigenvalue weighted by molar-refractivity contribution is 5.37. The summed E-state index contributed by atoms with van der Waals surface area (Å²) in [4.78, 5) is 9.61. The molecule has 1 rings (SSSR count). The Kier molecular flexibility index (Phi) is 6.26. The number of nitro benzene ring substituents is 1. The van der Waals surface area contributed by atoms with Gasteiger partial charge >= 0.3 is 5.69 Å². The first-order chi connectivity index (χ1) is 9.06. The molecule has 0 amide bonds. The van der Waals surface area contributed by atoms with Gasteiger partial charge in [-0.1, -0.05) is 0 Å². The molecule has 6 nitrogen and oxygen atoms in total. The minimum absolute atomic E-state index is 0.00950. The Morgan fingerprint density at radius 2 is 2.05 bits per heavy atom. The van der Waals surface area contributed by atoms with Gasteiger partial charge in [-0.15, -0.1) is 0 Å². The van der Waals surface area contributed by atoms with Crippen LogP contribution in [0.3, 0.4) is 0 Å². The first-order valence-electron chi connectivity index (χ1n) is 5.58. The first-order valence-corrected chi connectivity index (χ1v) is 5.58. The molecule has 2 N–H and O–H groups in total. The fourth-order valence-corrected chi connectivity index (χ4v) is 1.39. The highest BCUT2D eigenvalue weighted by atomic mass is 19.1. The first kappa shape index (κ1) is 15.4. The predicted molar refractivity (Wildman–Crippen MR) is 62.6 cm³/mol. The summed E-state index contributed by atoms with van der Waals surface area (Å²) in [7, 11) is 0. The van der Waals surface area contributed by atoms with Gasteiger partial charge in [-0.2, -0.15) is 4.39 Å². The zero-order valence-electron chi connectivity index (χ0n) is 10.1. The molecule has 0 atom stereocenters. The maximum atomic E-state index is 13.4. The Balaban J connectivity index is 2.53. The molecule has 19 heavy (non-hydrogen) atoms. The van der Waals surface area contributed by atoms with Gasteiger partial charge in [-0.05, 0) is 0 Å². The minimum atomic E-state index is -1.20. The molecule has 8 heteroatoms. The van der Waals surface area contributed by atoms with Gasteiger partial charge in [0.1, 0.15) is 5.82 Å². The molecular formula is C11H14F2N2O4. The molecule has 0 spiro atoms. The van der Waals surface area contributed by atoms with Crippen molar-refractivity contribution in [2.75, 3.05) is 26.4 Å². The number of nitro groups is 1. The monoisotopic (exact) mass is 276 g/mol. The number of halogens is 2. The number of hydrogen-bond donors (Lipinski definition) is 2. The molecule has 0 fully saturated rings. The third kappa shape index (κ3) is 4.86. The van der Waals surface area contributed by atoms with Gasteiger partial charge in [-0.25, -0.2) is 4.39 Å². The SMILES string of the molecule is O=[N+]([O-])c1cc(CNCCOCCO)c(F)cc1F. The normalized spacial score (nSPS) is 10.7. The molecule has 0 unspecified atom stereocenters. The maximum Gasteiger partial charge on any atom is 0.305 e. The van der Waals surface area contributed by atoms with Crippen LogP contribution in [0.1, 0.15) is 5.56 Å². The summed E-state index contributed by atoms with van der Waals surface area (Å²) < 4.78 is 31.4. The van der Waals surface area contributed by atoms with Crippen LogP contribution >= 0.6 is 0 Å². The lowest BCUT2D eigenvalue weighted by molar-refractivity contribution is -0.387. The molecule has 0 saturated carbocycles. The molecule has 0 heterocycles. The third-order valence-electron chi connectivity index (χ3n) is 2.29. The predicted octanol–water partition coefficient (Wildman–Crippen LogP) is 0.971. The standard InChI is InChI=1S/C11H14F2N2O4/c12-9-6-10(13)11(15(17)18)5-8(9)7-14-1-3-19-4-2-16/h5-6,14,16H,1-4,7H2. The Morgan fingerprint density at radius 3 is 2.68 bits per heavy atom. The second-order valence-corrected chi connectivity index (χ2v) is 3.66. The van der Waals surface area contributed by atoms with Crippen molar-refractivity contribution in [3.8, 4) is 0 Å². The van der Waals surface area contributed by atoms with Crippen LogP contribution in [0.5, 0.6) is 0 Å². The van der Waals surface area contributed by atoms with E-state index in [1.807, 2.05) is 0 Å². The second kappa shape index (κ2) is 7.72. The number of aliphatic hydroxyl groups is 1. The number of hydrogen-bond acceptors (Lipinski definition) is 5. The van der Waals surface area contributed by atoms with Crippen LogP contribution in [-0.4, -0.2) is 36.4 Å². The highest BCUT2D eigenvalue weighted by Crippen LogP contribution is 2.21. The minimum Gasteiger partial charge on any atom is -0.394 e. The smallest absolute Gasteiger partial charge is 0.305 e. The van der Waals surface area contributed by atoms with E-state index in [0.29, 0.717) is 19.2 Å². The van der Waals surface area contributed by atoms with Crippen molar-refractivity contribution in [2.45, 2.75) is 6.54 Å². The van der Waals surface area contributed by atoms with Gasteiger partial charge in [0.15, 0.2) is 0 Å².